The molecule has 1 aliphatic heterocycles. The molecule has 2 atom stereocenters. The Hall–Kier alpha value is -2.49. The van der Waals surface area contributed by atoms with E-state index >= 15 is 0 Å². The SMILES string of the molecule is Cc1cc(C)cc(NS(=O)(=O)C2NNCC2C(=O)Nc2ccc(F)cc2)c1. The Balaban J connectivity index is 1.75. The molecule has 4 N–H and O–H groups in total. The molecule has 0 bridgehead atoms. The van der Waals surface area contributed by atoms with Crippen LogP contribution in [0.25, 0.3) is 0 Å². The van der Waals surface area contributed by atoms with Crippen LogP contribution in [0.1, 0.15) is 11.1 Å². The van der Waals surface area contributed by atoms with E-state index in [0.717, 1.165) is 11.1 Å². The van der Waals surface area contributed by atoms with Gasteiger partial charge in [-0.15, -0.1) is 0 Å². The number of hydrogen-bond donors (Lipinski definition) is 4. The number of carbonyl (C=O) groups excluding carboxylic acids is 1. The number of carbonyl (C=O) groups is 1. The van der Waals surface area contributed by atoms with Crippen molar-refractivity contribution >= 4 is 27.3 Å². The Labute approximate surface area is 157 Å². The third-order valence-corrected chi connectivity index (χ3v) is 5.83. The second kappa shape index (κ2) is 7.63. The van der Waals surface area contributed by atoms with Gasteiger partial charge in [-0.25, -0.2) is 18.2 Å². The fraction of sp³-hybridized carbons (Fsp3) is 0.278. The summed E-state index contributed by atoms with van der Waals surface area (Å²) in [5.41, 5.74) is 8.07. The third-order valence-electron chi connectivity index (χ3n) is 4.20. The summed E-state index contributed by atoms with van der Waals surface area (Å²) in [4.78, 5) is 12.5. The van der Waals surface area contributed by atoms with E-state index in [-0.39, 0.29) is 6.54 Å². The summed E-state index contributed by atoms with van der Waals surface area (Å²) in [6.07, 6.45) is 0. The van der Waals surface area contributed by atoms with Gasteiger partial charge < -0.3 is 5.32 Å². The number of amides is 1. The monoisotopic (exact) mass is 392 g/mol. The Bertz CT molecular complexity index is 927. The van der Waals surface area contributed by atoms with Crippen molar-refractivity contribution in [1.82, 2.24) is 10.9 Å². The molecule has 0 aliphatic carbocycles. The van der Waals surface area contributed by atoms with Gasteiger partial charge in [0.05, 0.1) is 5.92 Å². The molecule has 1 heterocycles. The molecule has 2 aromatic carbocycles. The van der Waals surface area contributed by atoms with E-state index in [4.69, 9.17) is 0 Å². The number of hydrogen-bond acceptors (Lipinski definition) is 5. The van der Waals surface area contributed by atoms with Crippen LogP contribution in [0.3, 0.4) is 0 Å². The molecule has 9 heteroatoms. The molecule has 1 saturated heterocycles. The first-order valence-electron chi connectivity index (χ1n) is 8.39. The number of rotatable bonds is 5. The number of sulfonamides is 1. The van der Waals surface area contributed by atoms with Crippen LogP contribution in [0.15, 0.2) is 42.5 Å². The van der Waals surface area contributed by atoms with Gasteiger partial charge in [0.25, 0.3) is 10.0 Å². The Kier molecular flexibility index (Phi) is 5.45. The number of nitrogens with one attached hydrogen (secondary N) is 4. The predicted molar refractivity (Wildman–Crippen MR) is 102 cm³/mol. The predicted octanol–water partition coefficient (Wildman–Crippen LogP) is 1.87. The highest BCUT2D eigenvalue weighted by molar-refractivity contribution is 7.93. The zero-order chi connectivity index (χ0) is 19.6. The summed E-state index contributed by atoms with van der Waals surface area (Å²) in [5.74, 6) is -1.76. The fourth-order valence-corrected chi connectivity index (χ4v) is 4.49. The van der Waals surface area contributed by atoms with Gasteiger partial charge in [0, 0.05) is 17.9 Å². The van der Waals surface area contributed by atoms with Gasteiger partial charge in [-0.05, 0) is 61.4 Å². The van der Waals surface area contributed by atoms with Crippen LogP contribution < -0.4 is 20.9 Å². The van der Waals surface area contributed by atoms with E-state index in [0.29, 0.717) is 11.4 Å². The van der Waals surface area contributed by atoms with Gasteiger partial charge in [0.2, 0.25) is 5.91 Å². The second-order valence-electron chi connectivity index (χ2n) is 6.57. The highest BCUT2D eigenvalue weighted by Crippen LogP contribution is 2.21. The van der Waals surface area contributed by atoms with Crippen molar-refractivity contribution in [2.75, 3.05) is 16.6 Å². The van der Waals surface area contributed by atoms with E-state index < -0.39 is 33.0 Å². The van der Waals surface area contributed by atoms with Crippen LogP contribution >= 0.6 is 0 Å². The highest BCUT2D eigenvalue weighted by Gasteiger charge is 2.42. The quantitative estimate of drug-likeness (QED) is 0.623. The van der Waals surface area contributed by atoms with Gasteiger partial charge >= 0.3 is 0 Å². The van der Waals surface area contributed by atoms with Crippen LogP contribution in [-0.2, 0) is 14.8 Å². The molecule has 2 aromatic rings. The van der Waals surface area contributed by atoms with Crippen molar-refractivity contribution in [2.24, 2.45) is 5.92 Å². The van der Waals surface area contributed by atoms with E-state index in [9.17, 15) is 17.6 Å². The number of anilines is 2. The van der Waals surface area contributed by atoms with E-state index in [1.807, 2.05) is 19.9 Å². The summed E-state index contributed by atoms with van der Waals surface area (Å²) in [7, 11) is -3.88. The molecular weight excluding hydrogens is 371 g/mol. The first kappa shape index (κ1) is 19.3. The Morgan fingerprint density at radius 3 is 2.33 bits per heavy atom. The maximum Gasteiger partial charge on any atom is 0.250 e. The Morgan fingerprint density at radius 1 is 1.07 bits per heavy atom. The number of aryl methyl sites for hydroxylation is 2. The maximum atomic E-state index is 13.0. The largest absolute Gasteiger partial charge is 0.326 e. The minimum atomic E-state index is -3.88. The van der Waals surface area contributed by atoms with Crippen molar-refractivity contribution in [3.8, 4) is 0 Å². The normalized spacial score (nSPS) is 19.7. The molecule has 1 fully saturated rings. The van der Waals surface area contributed by atoms with Crippen molar-refractivity contribution in [3.63, 3.8) is 0 Å². The molecule has 0 radical (unpaired) electrons. The summed E-state index contributed by atoms with van der Waals surface area (Å²) in [5, 5.41) is 1.46. The maximum absolute atomic E-state index is 13.0. The first-order chi connectivity index (χ1) is 12.7. The lowest BCUT2D eigenvalue weighted by atomic mass is 10.1. The molecule has 0 aromatic heterocycles. The average molecular weight is 392 g/mol. The molecule has 1 aliphatic rings. The lowest BCUT2D eigenvalue weighted by molar-refractivity contribution is -0.119. The molecule has 0 saturated carbocycles. The number of halogens is 1. The molecule has 27 heavy (non-hydrogen) atoms. The standard InChI is InChI=1S/C18H21FN4O3S/c1-11-7-12(2)9-15(8-11)23-27(25,26)18-16(10-20-22-18)17(24)21-14-5-3-13(19)4-6-14/h3-9,16,18,20,22-23H,10H2,1-2H3,(H,21,24). The molecule has 144 valence electrons. The van der Waals surface area contributed by atoms with Gasteiger partial charge in [0.1, 0.15) is 5.82 Å². The van der Waals surface area contributed by atoms with E-state index in [1.165, 1.54) is 24.3 Å². The smallest absolute Gasteiger partial charge is 0.250 e. The van der Waals surface area contributed by atoms with Crippen LogP contribution in [0.4, 0.5) is 15.8 Å². The topological polar surface area (TPSA) is 99.3 Å². The van der Waals surface area contributed by atoms with Crippen molar-refractivity contribution in [1.29, 1.82) is 0 Å². The fourth-order valence-electron chi connectivity index (χ4n) is 3.03. The molecule has 0 spiro atoms. The first-order valence-corrected chi connectivity index (χ1v) is 9.94. The molecule has 1 amide bonds. The minimum Gasteiger partial charge on any atom is -0.326 e. The van der Waals surface area contributed by atoms with E-state index in [2.05, 4.69) is 20.9 Å². The lowest BCUT2D eigenvalue weighted by Gasteiger charge is -2.20. The van der Waals surface area contributed by atoms with Crippen LogP contribution in [-0.4, -0.2) is 26.2 Å². The Morgan fingerprint density at radius 2 is 1.70 bits per heavy atom. The minimum absolute atomic E-state index is 0.144. The summed E-state index contributed by atoms with van der Waals surface area (Å²) in [6.45, 7) is 3.89. The van der Waals surface area contributed by atoms with Gasteiger partial charge in [-0.2, -0.15) is 0 Å². The van der Waals surface area contributed by atoms with Crippen molar-refractivity contribution < 1.29 is 17.6 Å². The van der Waals surface area contributed by atoms with Crippen LogP contribution in [0.5, 0.6) is 0 Å². The van der Waals surface area contributed by atoms with Crippen molar-refractivity contribution in [3.05, 3.63) is 59.4 Å². The second-order valence-corrected chi connectivity index (χ2v) is 8.37. The van der Waals surface area contributed by atoms with Gasteiger partial charge in [-0.3, -0.25) is 14.9 Å². The summed E-state index contributed by atoms with van der Waals surface area (Å²) >= 11 is 0. The zero-order valence-electron chi connectivity index (χ0n) is 14.9. The zero-order valence-corrected chi connectivity index (χ0v) is 15.7. The van der Waals surface area contributed by atoms with Crippen molar-refractivity contribution in [2.45, 2.75) is 19.2 Å². The molecule has 3 rings (SSSR count). The lowest BCUT2D eigenvalue weighted by Crippen LogP contribution is -2.45. The summed E-state index contributed by atoms with van der Waals surface area (Å²) < 4.78 is 41.1. The highest BCUT2D eigenvalue weighted by atomic mass is 32.2. The molecular formula is C18H21FN4O3S. The number of benzene rings is 2. The van der Waals surface area contributed by atoms with Crippen LogP contribution in [0.2, 0.25) is 0 Å². The van der Waals surface area contributed by atoms with Gasteiger partial charge in [-0.1, -0.05) is 6.07 Å². The van der Waals surface area contributed by atoms with E-state index in [1.54, 1.807) is 12.1 Å². The molecule has 2 unspecified atom stereocenters. The molecule has 7 nitrogen and oxygen atoms in total. The average Bonchev–Trinajstić information content (AvgIpc) is 3.06. The number of hydrazine groups is 1. The van der Waals surface area contributed by atoms with Crippen LogP contribution in [0, 0.1) is 25.6 Å². The third kappa shape index (κ3) is 4.62. The van der Waals surface area contributed by atoms with Gasteiger partial charge in [0.15, 0.2) is 5.37 Å². The summed E-state index contributed by atoms with van der Waals surface area (Å²) in [6, 6.07) is 10.7.